The number of thiazole rings is 1. The molecule has 0 radical (unpaired) electrons. The van der Waals surface area contributed by atoms with Gasteiger partial charge in [0.05, 0.1) is 26.1 Å². The van der Waals surface area contributed by atoms with E-state index in [9.17, 15) is 9.59 Å². The van der Waals surface area contributed by atoms with Crippen LogP contribution in [0.5, 0.6) is 5.75 Å². The van der Waals surface area contributed by atoms with Gasteiger partial charge in [-0.05, 0) is 31.2 Å². The quantitative estimate of drug-likeness (QED) is 0.505. The van der Waals surface area contributed by atoms with Gasteiger partial charge in [0.1, 0.15) is 22.1 Å². The number of benzene rings is 1. The molecule has 4 rings (SSSR count). The van der Waals surface area contributed by atoms with Crippen LogP contribution in [0.3, 0.4) is 0 Å². The van der Waals surface area contributed by atoms with Gasteiger partial charge < -0.3 is 14.5 Å². The number of ketones is 1. The molecule has 0 saturated heterocycles. The Kier molecular flexibility index (Phi) is 4.70. The molecule has 0 aliphatic heterocycles. The molecule has 0 aliphatic rings. The maximum Gasteiger partial charge on any atom is 0.263 e. The number of nitrogens with one attached hydrogen (secondary N) is 1. The summed E-state index contributed by atoms with van der Waals surface area (Å²) in [6.07, 6.45) is 3.09. The molecule has 1 aromatic carbocycles. The minimum Gasteiger partial charge on any atom is -0.497 e. The minimum atomic E-state index is -0.232. The number of rotatable bonds is 6. The number of methoxy groups -OCH3 is 1. The Labute approximate surface area is 164 Å². The molecule has 0 saturated carbocycles. The first-order chi connectivity index (χ1) is 13.6. The van der Waals surface area contributed by atoms with E-state index < -0.39 is 0 Å². The zero-order valence-corrected chi connectivity index (χ0v) is 16.1. The molecule has 0 atom stereocenters. The average Bonchev–Trinajstić information content (AvgIpc) is 3.44. The molecule has 28 heavy (non-hydrogen) atoms. The number of ether oxygens (including phenoxy) is 1. The predicted molar refractivity (Wildman–Crippen MR) is 104 cm³/mol. The van der Waals surface area contributed by atoms with Crippen molar-refractivity contribution in [2.45, 2.75) is 13.5 Å². The van der Waals surface area contributed by atoms with Gasteiger partial charge in [-0.25, -0.2) is 4.98 Å². The second-order valence-corrected chi connectivity index (χ2v) is 7.08. The van der Waals surface area contributed by atoms with E-state index >= 15 is 0 Å². The summed E-state index contributed by atoms with van der Waals surface area (Å²) in [7, 11) is 1.55. The lowest BCUT2D eigenvalue weighted by atomic mass is 10.1. The number of nitrogens with zero attached hydrogens (tertiary/aromatic N) is 2. The van der Waals surface area contributed by atoms with Crippen molar-refractivity contribution in [2.75, 3.05) is 7.11 Å². The molecule has 0 unspecified atom stereocenters. The van der Waals surface area contributed by atoms with E-state index in [4.69, 9.17) is 9.15 Å². The smallest absolute Gasteiger partial charge is 0.263 e. The summed E-state index contributed by atoms with van der Waals surface area (Å²) in [6.45, 7) is 2.09. The van der Waals surface area contributed by atoms with Gasteiger partial charge in [0.2, 0.25) is 5.78 Å². The number of hydrogen-bond acceptors (Lipinski definition) is 6. The first-order valence-electron chi connectivity index (χ1n) is 8.54. The maximum absolute atomic E-state index is 13.0. The Morgan fingerprint density at radius 1 is 1.29 bits per heavy atom. The fraction of sp³-hybridized carbons (Fsp3) is 0.150. The molecule has 1 amide bonds. The van der Waals surface area contributed by atoms with Crippen LogP contribution >= 0.6 is 11.3 Å². The van der Waals surface area contributed by atoms with Gasteiger partial charge in [0, 0.05) is 11.3 Å². The van der Waals surface area contributed by atoms with Crippen LogP contribution in [0.2, 0.25) is 0 Å². The SMILES string of the molecule is COc1cccc(C(=O)c2cnc3sc(C(=O)NCc4ccco4)c(C)n23)c1. The molecule has 142 valence electrons. The summed E-state index contributed by atoms with van der Waals surface area (Å²) in [5, 5.41) is 2.82. The van der Waals surface area contributed by atoms with Crippen LogP contribution in [0.25, 0.3) is 4.96 Å². The molecule has 0 bridgehead atoms. The Balaban J connectivity index is 1.64. The molecule has 0 fully saturated rings. The molecular formula is C20H17N3O4S. The predicted octanol–water partition coefficient (Wildman–Crippen LogP) is 3.47. The van der Waals surface area contributed by atoms with Gasteiger partial charge in [-0.2, -0.15) is 0 Å². The van der Waals surface area contributed by atoms with Gasteiger partial charge in [-0.15, -0.1) is 0 Å². The highest BCUT2D eigenvalue weighted by Crippen LogP contribution is 2.26. The summed E-state index contributed by atoms with van der Waals surface area (Å²) in [6, 6.07) is 10.5. The van der Waals surface area contributed by atoms with E-state index in [2.05, 4.69) is 10.3 Å². The lowest BCUT2D eigenvalue weighted by Crippen LogP contribution is -2.22. The number of furan rings is 1. The lowest BCUT2D eigenvalue weighted by molar-refractivity contribution is 0.0949. The van der Waals surface area contributed by atoms with Crippen LogP contribution in [0, 0.1) is 6.92 Å². The largest absolute Gasteiger partial charge is 0.497 e. The molecule has 3 heterocycles. The third-order valence-corrected chi connectivity index (χ3v) is 5.52. The van der Waals surface area contributed by atoms with Gasteiger partial charge in [0.25, 0.3) is 5.91 Å². The molecule has 8 heteroatoms. The second kappa shape index (κ2) is 7.32. The standard InChI is InChI=1S/C20H17N3O4S/c1-12-18(19(25)21-10-15-7-4-8-27-15)28-20-22-11-16(23(12)20)17(24)13-5-3-6-14(9-13)26-2/h3-9,11H,10H2,1-2H3,(H,21,25). The number of carbonyl (C=O) groups excluding carboxylic acids is 2. The Morgan fingerprint density at radius 2 is 2.14 bits per heavy atom. The molecule has 3 aromatic heterocycles. The van der Waals surface area contributed by atoms with Gasteiger partial charge in [-0.3, -0.25) is 14.0 Å². The number of imidazole rings is 1. The number of hydrogen-bond donors (Lipinski definition) is 1. The first-order valence-corrected chi connectivity index (χ1v) is 9.36. The van der Waals surface area contributed by atoms with Crippen molar-refractivity contribution < 1.29 is 18.7 Å². The molecule has 7 nitrogen and oxygen atoms in total. The number of aryl methyl sites for hydroxylation is 1. The Hall–Kier alpha value is -3.39. The molecule has 1 N–H and O–H groups in total. The van der Waals surface area contributed by atoms with Crippen LogP contribution in [0.15, 0.2) is 53.3 Å². The molecule has 0 spiro atoms. The first kappa shape index (κ1) is 18.0. The van der Waals surface area contributed by atoms with Crippen LogP contribution < -0.4 is 10.1 Å². The number of aromatic nitrogens is 2. The lowest BCUT2D eigenvalue weighted by Gasteiger charge is -2.05. The Bertz CT molecular complexity index is 1160. The number of fused-ring (bicyclic) bond motifs is 1. The van der Waals surface area contributed by atoms with Crippen LogP contribution in [-0.2, 0) is 6.54 Å². The van der Waals surface area contributed by atoms with Gasteiger partial charge in [-0.1, -0.05) is 23.5 Å². The van der Waals surface area contributed by atoms with Crippen molar-refractivity contribution in [3.8, 4) is 5.75 Å². The zero-order valence-electron chi connectivity index (χ0n) is 15.3. The van der Waals surface area contributed by atoms with E-state index in [1.807, 2.05) is 0 Å². The van der Waals surface area contributed by atoms with Crippen LogP contribution in [-0.4, -0.2) is 28.2 Å². The van der Waals surface area contributed by atoms with Crippen molar-refractivity contribution in [1.29, 1.82) is 0 Å². The van der Waals surface area contributed by atoms with Crippen molar-refractivity contribution in [1.82, 2.24) is 14.7 Å². The van der Waals surface area contributed by atoms with Crippen molar-refractivity contribution in [2.24, 2.45) is 0 Å². The highest BCUT2D eigenvalue weighted by atomic mass is 32.1. The van der Waals surface area contributed by atoms with E-state index in [0.29, 0.717) is 44.8 Å². The van der Waals surface area contributed by atoms with E-state index in [1.165, 1.54) is 17.5 Å². The van der Waals surface area contributed by atoms with Crippen molar-refractivity contribution in [3.05, 3.63) is 76.4 Å². The zero-order chi connectivity index (χ0) is 19.7. The van der Waals surface area contributed by atoms with Crippen LogP contribution in [0.1, 0.15) is 37.2 Å². The van der Waals surface area contributed by atoms with Gasteiger partial charge in [0.15, 0.2) is 4.96 Å². The van der Waals surface area contributed by atoms with Crippen molar-refractivity contribution in [3.63, 3.8) is 0 Å². The number of amides is 1. The monoisotopic (exact) mass is 395 g/mol. The molecule has 4 aromatic rings. The van der Waals surface area contributed by atoms with Gasteiger partial charge >= 0.3 is 0 Å². The fourth-order valence-corrected chi connectivity index (χ4v) is 3.96. The van der Waals surface area contributed by atoms with Crippen LogP contribution in [0.4, 0.5) is 0 Å². The average molecular weight is 395 g/mol. The highest BCUT2D eigenvalue weighted by molar-refractivity contribution is 7.19. The second-order valence-electron chi connectivity index (χ2n) is 6.10. The summed E-state index contributed by atoms with van der Waals surface area (Å²) in [5.74, 6) is 0.854. The molecule has 0 aliphatic carbocycles. The van der Waals surface area contributed by atoms with E-state index in [0.717, 1.165) is 0 Å². The minimum absolute atomic E-state index is 0.185. The summed E-state index contributed by atoms with van der Waals surface area (Å²) < 4.78 is 12.1. The third kappa shape index (κ3) is 3.18. The van der Waals surface area contributed by atoms with Crippen molar-refractivity contribution >= 4 is 28.0 Å². The molecular weight excluding hydrogens is 378 g/mol. The summed E-state index contributed by atoms with van der Waals surface area (Å²) >= 11 is 1.24. The number of carbonyl (C=O) groups is 2. The third-order valence-electron chi connectivity index (χ3n) is 4.36. The summed E-state index contributed by atoms with van der Waals surface area (Å²) in [5.41, 5.74) is 1.57. The highest BCUT2D eigenvalue weighted by Gasteiger charge is 2.22. The maximum atomic E-state index is 13.0. The normalized spacial score (nSPS) is 10.9. The van der Waals surface area contributed by atoms with E-state index in [-0.39, 0.29) is 11.7 Å². The van der Waals surface area contributed by atoms with E-state index in [1.54, 1.807) is 61.1 Å². The Morgan fingerprint density at radius 3 is 2.89 bits per heavy atom. The summed E-state index contributed by atoms with van der Waals surface area (Å²) in [4.78, 5) is 31.0. The topological polar surface area (TPSA) is 85.8 Å². The fourth-order valence-electron chi connectivity index (χ4n) is 2.94.